The Hall–Kier alpha value is -2.63. The van der Waals surface area contributed by atoms with Crippen molar-refractivity contribution in [3.63, 3.8) is 0 Å². The summed E-state index contributed by atoms with van der Waals surface area (Å²) in [6.07, 6.45) is 4.42. The van der Waals surface area contributed by atoms with Crippen molar-refractivity contribution in [3.8, 4) is 0 Å². The van der Waals surface area contributed by atoms with Gasteiger partial charge in [-0.2, -0.15) is 0 Å². The topological polar surface area (TPSA) is 92.7 Å². The molecule has 6 heteroatoms. The Labute approximate surface area is 140 Å². The highest BCUT2D eigenvalue weighted by Gasteiger charge is 2.24. The molecule has 6 nitrogen and oxygen atoms in total. The third-order valence-electron chi connectivity index (χ3n) is 3.81. The van der Waals surface area contributed by atoms with Crippen LogP contribution in [0.2, 0.25) is 0 Å². The van der Waals surface area contributed by atoms with Gasteiger partial charge in [0.15, 0.2) is 0 Å². The van der Waals surface area contributed by atoms with Gasteiger partial charge in [-0.15, -0.1) is 0 Å². The number of esters is 1. The molecule has 0 aliphatic carbocycles. The van der Waals surface area contributed by atoms with Crippen LogP contribution in [0.15, 0.2) is 42.5 Å². The number of ether oxygens (including phenoxy) is 1. The van der Waals surface area contributed by atoms with Gasteiger partial charge in [0.05, 0.1) is 18.4 Å². The summed E-state index contributed by atoms with van der Waals surface area (Å²) in [6.45, 7) is -0.0194. The number of cyclic esters (lactones) is 1. The molecule has 24 heavy (non-hydrogen) atoms. The number of carbonyl (C=O) groups is 3. The van der Waals surface area contributed by atoms with Gasteiger partial charge in [0.2, 0.25) is 5.91 Å². The van der Waals surface area contributed by atoms with Crippen molar-refractivity contribution in [2.24, 2.45) is 5.92 Å². The highest BCUT2D eigenvalue weighted by atomic mass is 16.5. The molecule has 1 aromatic rings. The SMILES string of the molecule is O=C(O)C[C@@H]1C/C=C/CCC(=O)N[C@H](c2ccccc2)COC1=O. The first-order chi connectivity index (χ1) is 11.6. The van der Waals surface area contributed by atoms with Crippen LogP contribution < -0.4 is 5.32 Å². The van der Waals surface area contributed by atoms with Crippen molar-refractivity contribution in [1.82, 2.24) is 5.32 Å². The number of benzene rings is 1. The van der Waals surface area contributed by atoms with E-state index < -0.39 is 23.9 Å². The van der Waals surface area contributed by atoms with Gasteiger partial charge in [0, 0.05) is 6.42 Å². The molecule has 2 atom stereocenters. The molecule has 0 saturated carbocycles. The average molecular weight is 331 g/mol. The van der Waals surface area contributed by atoms with Gasteiger partial charge in [-0.3, -0.25) is 14.4 Å². The van der Waals surface area contributed by atoms with Crippen LogP contribution >= 0.6 is 0 Å². The van der Waals surface area contributed by atoms with Crippen molar-refractivity contribution in [2.45, 2.75) is 31.7 Å². The normalized spacial score (nSPS) is 24.0. The van der Waals surface area contributed by atoms with Crippen molar-refractivity contribution < 1.29 is 24.2 Å². The van der Waals surface area contributed by atoms with E-state index >= 15 is 0 Å². The molecular formula is C18H21NO5. The Morgan fingerprint density at radius 3 is 2.67 bits per heavy atom. The third-order valence-corrected chi connectivity index (χ3v) is 3.81. The van der Waals surface area contributed by atoms with Crippen LogP contribution in [0.4, 0.5) is 0 Å². The fourth-order valence-electron chi connectivity index (χ4n) is 2.52. The molecule has 2 N–H and O–H groups in total. The number of amides is 1. The molecule has 0 bridgehead atoms. The fraction of sp³-hybridized carbons (Fsp3) is 0.389. The van der Waals surface area contributed by atoms with E-state index in [-0.39, 0.29) is 18.9 Å². The van der Waals surface area contributed by atoms with Gasteiger partial charge in [-0.05, 0) is 18.4 Å². The van der Waals surface area contributed by atoms with E-state index in [1.165, 1.54) is 0 Å². The smallest absolute Gasteiger partial charge is 0.309 e. The molecule has 1 aromatic carbocycles. The average Bonchev–Trinajstić information content (AvgIpc) is 2.56. The maximum Gasteiger partial charge on any atom is 0.309 e. The lowest BCUT2D eigenvalue weighted by Crippen LogP contribution is -2.33. The standard InChI is InChI=1S/C18H21NO5/c20-16-10-6-2-5-9-14(11-17(21)22)18(23)24-12-15(19-16)13-7-3-1-4-8-13/h1-5,7-8,14-15H,6,9-12H2,(H,19,20)(H,21,22)/b5-2+/t14-,15-/m0/s1. The van der Waals surface area contributed by atoms with Gasteiger partial charge in [0.1, 0.15) is 6.61 Å². The summed E-state index contributed by atoms with van der Waals surface area (Å²) < 4.78 is 5.29. The second kappa shape index (κ2) is 8.86. The predicted octanol–water partition coefficient (Wildman–Crippen LogP) is 2.22. The van der Waals surface area contributed by atoms with Gasteiger partial charge >= 0.3 is 11.9 Å². The maximum absolute atomic E-state index is 12.2. The van der Waals surface area contributed by atoms with Gasteiger partial charge < -0.3 is 15.2 Å². The highest BCUT2D eigenvalue weighted by Crippen LogP contribution is 2.18. The Bertz CT molecular complexity index is 611. The van der Waals surface area contributed by atoms with Crippen LogP contribution in [-0.4, -0.2) is 29.6 Å². The monoisotopic (exact) mass is 331 g/mol. The Morgan fingerprint density at radius 1 is 1.21 bits per heavy atom. The van der Waals surface area contributed by atoms with Crippen LogP contribution in [0.3, 0.4) is 0 Å². The van der Waals surface area contributed by atoms with Gasteiger partial charge in [-0.25, -0.2) is 0 Å². The lowest BCUT2D eigenvalue weighted by atomic mass is 10.0. The number of carbonyl (C=O) groups excluding carboxylic acids is 2. The van der Waals surface area contributed by atoms with Crippen LogP contribution in [0.25, 0.3) is 0 Å². The zero-order chi connectivity index (χ0) is 17.4. The Kier molecular flexibility index (Phi) is 6.54. The molecule has 0 radical (unpaired) electrons. The van der Waals surface area contributed by atoms with E-state index in [4.69, 9.17) is 9.84 Å². The minimum absolute atomic E-state index is 0.0194. The number of rotatable bonds is 3. The molecule has 0 saturated heterocycles. The number of hydrogen-bond donors (Lipinski definition) is 2. The summed E-state index contributed by atoms with van der Waals surface area (Å²) in [6, 6.07) is 8.79. The molecule has 2 rings (SSSR count). The molecule has 0 unspecified atom stereocenters. The maximum atomic E-state index is 12.2. The zero-order valence-electron chi connectivity index (χ0n) is 13.3. The lowest BCUT2D eigenvalue weighted by molar-refractivity contribution is -0.153. The first-order valence-corrected chi connectivity index (χ1v) is 7.94. The minimum Gasteiger partial charge on any atom is -0.481 e. The molecule has 1 aliphatic rings. The number of aliphatic carboxylic acids is 1. The largest absolute Gasteiger partial charge is 0.481 e. The first kappa shape index (κ1) is 17.7. The summed E-state index contributed by atoms with van der Waals surface area (Å²) in [5.74, 6) is -2.43. The minimum atomic E-state index is -1.04. The number of carboxylic acids is 1. The van der Waals surface area contributed by atoms with Crippen LogP contribution in [-0.2, 0) is 19.1 Å². The molecule has 0 spiro atoms. The van der Waals surface area contributed by atoms with E-state index in [9.17, 15) is 14.4 Å². The van der Waals surface area contributed by atoms with E-state index in [2.05, 4.69) is 5.32 Å². The predicted molar refractivity (Wildman–Crippen MR) is 87.0 cm³/mol. The summed E-state index contributed by atoms with van der Waals surface area (Å²) in [4.78, 5) is 35.1. The highest BCUT2D eigenvalue weighted by molar-refractivity contribution is 5.79. The van der Waals surface area contributed by atoms with Crippen molar-refractivity contribution in [3.05, 3.63) is 48.0 Å². The van der Waals surface area contributed by atoms with Crippen LogP contribution in [0.1, 0.15) is 37.3 Å². The molecule has 128 valence electrons. The molecular weight excluding hydrogens is 310 g/mol. The fourth-order valence-corrected chi connectivity index (χ4v) is 2.52. The molecule has 1 amide bonds. The van der Waals surface area contributed by atoms with Crippen LogP contribution in [0.5, 0.6) is 0 Å². The van der Waals surface area contributed by atoms with Gasteiger partial charge in [0.25, 0.3) is 0 Å². The summed E-state index contributed by atoms with van der Waals surface area (Å²) in [7, 11) is 0. The number of nitrogens with one attached hydrogen (secondary N) is 1. The quantitative estimate of drug-likeness (QED) is 0.654. The number of allylic oxidation sites excluding steroid dienone is 2. The Balaban J connectivity index is 2.15. The molecule has 0 aromatic heterocycles. The van der Waals surface area contributed by atoms with E-state index in [0.717, 1.165) is 5.56 Å². The summed E-state index contributed by atoms with van der Waals surface area (Å²) >= 11 is 0. The van der Waals surface area contributed by atoms with E-state index in [1.54, 1.807) is 12.2 Å². The van der Waals surface area contributed by atoms with Crippen molar-refractivity contribution >= 4 is 17.8 Å². The second-order valence-corrected chi connectivity index (χ2v) is 5.70. The van der Waals surface area contributed by atoms with Gasteiger partial charge in [-0.1, -0.05) is 42.5 Å². The van der Waals surface area contributed by atoms with Crippen LogP contribution in [0, 0.1) is 5.92 Å². The van der Waals surface area contributed by atoms with E-state index in [1.807, 2.05) is 30.3 Å². The molecule has 1 aliphatic heterocycles. The summed E-state index contributed by atoms with van der Waals surface area (Å²) in [5.41, 5.74) is 0.834. The molecule has 0 fully saturated rings. The third kappa shape index (κ3) is 5.53. The second-order valence-electron chi connectivity index (χ2n) is 5.70. The van der Waals surface area contributed by atoms with Crippen molar-refractivity contribution in [1.29, 1.82) is 0 Å². The summed E-state index contributed by atoms with van der Waals surface area (Å²) in [5, 5.41) is 11.8. The Morgan fingerprint density at radius 2 is 1.96 bits per heavy atom. The number of carboxylic acid groups (broad SMARTS) is 1. The van der Waals surface area contributed by atoms with E-state index in [0.29, 0.717) is 19.3 Å². The first-order valence-electron chi connectivity index (χ1n) is 7.94. The lowest BCUT2D eigenvalue weighted by Gasteiger charge is -2.21. The zero-order valence-corrected chi connectivity index (χ0v) is 13.3. The number of hydrogen-bond acceptors (Lipinski definition) is 4. The molecule has 1 heterocycles. The van der Waals surface area contributed by atoms with Crippen molar-refractivity contribution in [2.75, 3.05) is 6.61 Å².